The summed E-state index contributed by atoms with van der Waals surface area (Å²) in [6, 6.07) is 3.64. The summed E-state index contributed by atoms with van der Waals surface area (Å²) in [6.45, 7) is 2.89. The van der Waals surface area contributed by atoms with E-state index in [0.29, 0.717) is 15.6 Å². The van der Waals surface area contributed by atoms with Crippen LogP contribution < -0.4 is 0 Å². The van der Waals surface area contributed by atoms with Crippen molar-refractivity contribution < 1.29 is 14.3 Å². The van der Waals surface area contributed by atoms with E-state index in [2.05, 4.69) is 14.7 Å². The van der Waals surface area contributed by atoms with Gasteiger partial charge in [-0.25, -0.2) is 9.78 Å². The van der Waals surface area contributed by atoms with Gasteiger partial charge in [0.2, 0.25) is 0 Å². The van der Waals surface area contributed by atoms with E-state index >= 15 is 0 Å². The van der Waals surface area contributed by atoms with Crippen LogP contribution in [0.4, 0.5) is 0 Å². The number of hydrogen-bond donors (Lipinski definition) is 0. The van der Waals surface area contributed by atoms with Crippen LogP contribution in [0.1, 0.15) is 22.3 Å². The Morgan fingerprint density at radius 3 is 2.78 bits per heavy atom. The molecule has 0 unspecified atom stereocenters. The first-order valence-corrected chi connectivity index (χ1v) is 6.00. The zero-order valence-corrected chi connectivity index (χ0v) is 10.7. The Kier molecular flexibility index (Phi) is 3.47. The molecule has 0 aliphatic carbocycles. The maximum absolute atomic E-state index is 11.6. The molecule has 0 atom stereocenters. The highest BCUT2D eigenvalue weighted by atomic mass is 32.1. The van der Waals surface area contributed by atoms with E-state index in [-0.39, 0.29) is 0 Å². The molecule has 2 heterocycles. The molecule has 2 rings (SSSR count). The molecule has 0 aliphatic heterocycles. The molecule has 6 heteroatoms. The van der Waals surface area contributed by atoms with E-state index in [9.17, 15) is 9.59 Å². The van der Waals surface area contributed by atoms with Crippen molar-refractivity contribution in [2.24, 2.45) is 0 Å². The first-order chi connectivity index (χ1) is 8.58. The molecular weight excluding hydrogens is 252 g/mol. The summed E-state index contributed by atoms with van der Waals surface area (Å²) in [7, 11) is 0. The normalized spacial score (nSPS) is 10.1. The van der Waals surface area contributed by atoms with Crippen LogP contribution in [0.3, 0.4) is 0 Å². The zero-order chi connectivity index (χ0) is 13.1. The van der Waals surface area contributed by atoms with Crippen LogP contribution in [-0.2, 0) is 9.53 Å². The second-order valence-corrected chi connectivity index (χ2v) is 4.56. The summed E-state index contributed by atoms with van der Waals surface area (Å²) in [4.78, 5) is 31.0. The van der Waals surface area contributed by atoms with E-state index in [1.807, 2.05) is 6.07 Å². The number of esters is 2. The van der Waals surface area contributed by atoms with Crippen molar-refractivity contribution in [3.8, 4) is 10.6 Å². The Bertz CT molecular complexity index is 593. The molecule has 0 saturated carbocycles. The number of aryl methyl sites for hydroxylation is 1. The molecule has 0 fully saturated rings. The third kappa shape index (κ3) is 2.60. The monoisotopic (exact) mass is 262 g/mol. The minimum absolute atomic E-state index is 0.337. The number of hydrogen-bond acceptors (Lipinski definition) is 6. The predicted molar refractivity (Wildman–Crippen MR) is 66.2 cm³/mol. The Morgan fingerprint density at radius 2 is 2.17 bits per heavy atom. The van der Waals surface area contributed by atoms with Crippen LogP contribution >= 0.6 is 11.3 Å². The van der Waals surface area contributed by atoms with Gasteiger partial charge < -0.3 is 4.74 Å². The number of carbonyl (C=O) groups is 2. The quantitative estimate of drug-likeness (QED) is 0.613. The lowest BCUT2D eigenvalue weighted by atomic mass is 10.3. The maximum Gasteiger partial charge on any atom is 0.357 e. The van der Waals surface area contributed by atoms with Gasteiger partial charge in [0, 0.05) is 24.9 Å². The molecular formula is C12H10N2O3S. The van der Waals surface area contributed by atoms with Gasteiger partial charge in [-0.2, -0.15) is 0 Å². The molecule has 0 amide bonds. The number of rotatable bonds is 2. The third-order valence-corrected chi connectivity index (χ3v) is 3.31. The zero-order valence-electron chi connectivity index (χ0n) is 9.84. The molecule has 18 heavy (non-hydrogen) atoms. The molecule has 92 valence electrons. The van der Waals surface area contributed by atoms with Crippen LogP contribution in [0.5, 0.6) is 0 Å². The summed E-state index contributed by atoms with van der Waals surface area (Å²) in [5, 5.41) is 0.677. The molecule has 0 aliphatic rings. The topological polar surface area (TPSA) is 69.2 Å². The fourth-order valence-corrected chi connectivity index (χ4v) is 2.31. The van der Waals surface area contributed by atoms with Crippen molar-refractivity contribution in [2.75, 3.05) is 0 Å². The summed E-state index contributed by atoms with van der Waals surface area (Å²) in [6.07, 6.45) is 3.33. The second kappa shape index (κ2) is 5.05. The van der Waals surface area contributed by atoms with E-state index in [1.165, 1.54) is 18.3 Å². The lowest BCUT2D eigenvalue weighted by Crippen LogP contribution is -2.08. The largest absolute Gasteiger partial charge is 0.389 e. The first kappa shape index (κ1) is 12.4. The average molecular weight is 262 g/mol. The number of pyridine rings is 1. The molecule has 0 N–H and O–H groups in total. The highest BCUT2D eigenvalue weighted by Gasteiger charge is 2.18. The summed E-state index contributed by atoms with van der Waals surface area (Å²) in [5.74, 6) is -1.29. The van der Waals surface area contributed by atoms with Gasteiger partial charge in [-0.1, -0.05) is 0 Å². The van der Waals surface area contributed by atoms with Crippen molar-refractivity contribution in [3.05, 3.63) is 35.1 Å². The predicted octanol–water partition coefficient (Wildman–Crippen LogP) is 2.22. The molecule has 0 radical (unpaired) electrons. The van der Waals surface area contributed by atoms with Crippen LogP contribution in [-0.4, -0.2) is 21.9 Å². The molecule has 2 aromatic rings. The van der Waals surface area contributed by atoms with Gasteiger partial charge in [-0.3, -0.25) is 9.78 Å². The van der Waals surface area contributed by atoms with Crippen LogP contribution in [0.2, 0.25) is 0 Å². The lowest BCUT2D eigenvalue weighted by Gasteiger charge is -1.96. The van der Waals surface area contributed by atoms with E-state index in [1.54, 1.807) is 25.4 Å². The van der Waals surface area contributed by atoms with Gasteiger partial charge in [-0.15, -0.1) is 11.3 Å². The van der Waals surface area contributed by atoms with Gasteiger partial charge in [0.25, 0.3) is 0 Å². The van der Waals surface area contributed by atoms with Gasteiger partial charge >= 0.3 is 11.9 Å². The Balaban J connectivity index is 2.33. The Morgan fingerprint density at radius 1 is 1.39 bits per heavy atom. The van der Waals surface area contributed by atoms with Gasteiger partial charge in [-0.05, 0) is 19.1 Å². The number of ether oxygens (including phenoxy) is 1. The number of aromatic nitrogens is 2. The molecule has 5 nitrogen and oxygen atoms in total. The van der Waals surface area contributed by atoms with Gasteiger partial charge in [0.15, 0.2) is 0 Å². The molecule has 0 bridgehead atoms. The van der Waals surface area contributed by atoms with Crippen molar-refractivity contribution in [1.29, 1.82) is 0 Å². The molecule has 0 saturated heterocycles. The highest BCUT2D eigenvalue weighted by Crippen LogP contribution is 2.27. The fourth-order valence-electron chi connectivity index (χ4n) is 1.38. The summed E-state index contributed by atoms with van der Waals surface area (Å²) < 4.78 is 4.54. The number of carbonyl (C=O) groups excluding carboxylic acids is 2. The van der Waals surface area contributed by atoms with E-state index in [4.69, 9.17) is 0 Å². The minimum Gasteiger partial charge on any atom is -0.389 e. The van der Waals surface area contributed by atoms with Crippen molar-refractivity contribution >= 4 is 23.3 Å². The van der Waals surface area contributed by atoms with E-state index in [0.717, 1.165) is 5.56 Å². The lowest BCUT2D eigenvalue weighted by molar-refractivity contribution is -0.135. The summed E-state index contributed by atoms with van der Waals surface area (Å²) in [5.41, 5.74) is 1.37. The van der Waals surface area contributed by atoms with Crippen LogP contribution in [0.15, 0.2) is 24.5 Å². The first-order valence-electron chi connectivity index (χ1n) is 5.18. The van der Waals surface area contributed by atoms with Crippen LogP contribution in [0, 0.1) is 6.92 Å². The van der Waals surface area contributed by atoms with E-state index < -0.39 is 11.9 Å². The molecule has 0 aromatic carbocycles. The fraction of sp³-hybridized carbons (Fsp3) is 0.167. The summed E-state index contributed by atoms with van der Waals surface area (Å²) >= 11 is 1.18. The second-order valence-electron chi connectivity index (χ2n) is 3.56. The van der Waals surface area contributed by atoms with Crippen molar-refractivity contribution in [2.45, 2.75) is 13.8 Å². The number of thiazole rings is 1. The highest BCUT2D eigenvalue weighted by molar-refractivity contribution is 7.17. The standard InChI is InChI=1S/C12H10N2O3S/c1-7-10(12(16)17-8(2)15)18-11(14-7)9-4-3-5-13-6-9/h3-6H,1-2H3. The van der Waals surface area contributed by atoms with Crippen LogP contribution in [0.25, 0.3) is 10.6 Å². The van der Waals surface area contributed by atoms with Gasteiger partial charge in [0.1, 0.15) is 9.88 Å². The van der Waals surface area contributed by atoms with Crippen molar-refractivity contribution in [1.82, 2.24) is 9.97 Å². The third-order valence-electron chi connectivity index (χ3n) is 2.13. The average Bonchev–Trinajstić information content (AvgIpc) is 2.72. The maximum atomic E-state index is 11.6. The SMILES string of the molecule is CC(=O)OC(=O)c1sc(-c2cccnc2)nc1C. The number of nitrogens with zero attached hydrogens (tertiary/aromatic N) is 2. The van der Waals surface area contributed by atoms with Gasteiger partial charge in [0.05, 0.1) is 5.69 Å². The van der Waals surface area contributed by atoms with Crippen molar-refractivity contribution in [3.63, 3.8) is 0 Å². The smallest absolute Gasteiger partial charge is 0.357 e. The Labute approximate surface area is 107 Å². The Hall–Kier alpha value is -2.08. The minimum atomic E-state index is -0.660. The molecule has 2 aromatic heterocycles. The molecule has 0 spiro atoms.